The molecule has 0 aliphatic carbocycles. The topological polar surface area (TPSA) is 38.7 Å². The number of esters is 1. The summed E-state index contributed by atoms with van der Waals surface area (Å²) in [6, 6.07) is 11.5. The van der Waals surface area contributed by atoms with Gasteiger partial charge >= 0.3 is 12.1 Å². The standard InChI is InChI=1S/C17H9ClF3NO2/c18-13-8-4-2-6-11(13)15-22-14(16(23)24-15)9-10-5-1-3-7-12(10)17(19,20)21/h1-9H/b14-9+. The van der Waals surface area contributed by atoms with Crippen LogP contribution in [-0.4, -0.2) is 11.9 Å². The van der Waals surface area contributed by atoms with Gasteiger partial charge in [-0.15, -0.1) is 0 Å². The highest BCUT2D eigenvalue weighted by molar-refractivity contribution is 6.34. The largest absolute Gasteiger partial charge is 0.416 e. The van der Waals surface area contributed by atoms with Crippen molar-refractivity contribution in [3.63, 3.8) is 0 Å². The molecule has 24 heavy (non-hydrogen) atoms. The van der Waals surface area contributed by atoms with Crippen LogP contribution in [0, 0.1) is 0 Å². The van der Waals surface area contributed by atoms with E-state index in [-0.39, 0.29) is 17.2 Å². The fraction of sp³-hybridized carbons (Fsp3) is 0.0588. The predicted molar refractivity (Wildman–Crippen MR) is 83.5 cm³/mol. The van der Waals surface area contributed by atoms with Crippen LogP contribution in [0.15, 0.2) is 59.2 Å². The van der Waals surface area contributed by atoms with Crippen LogP contribution in [0.1, 0.15) is 16.7 Å². The third-order valence-electron chi connectivity index (χ3n) is 3.28. The van der Waals surface area contributed by atoms with Crippen LogP contribution in [0.2, 0.25) is 5.02 Å². The minimum Gasteiger partial charge on any atom is -0.402 e. The predicted octanol–water partition coefficient (Wildman–Crippen LogP) is 4.70. The van der Waals surface area contributed by atoms with Crippen molar-refractivity contribution in [2.75, 3.05) is 0 Å². The van der Waals surface area contributed by atoms with Gasteiger partial charge < -0.3 is 4.74 Å². The van der Waals surface area contributed by atoms with Crippen molar-refractivity contribution in [1.82, 2.24) is 0 Å². The molecule has 0 radical (unpaired) electrons. The Morgan fingerprint density at radius 2 is 1.71 bits per heavy atom. The van der Waals surface area contributed by atoms with Crippen LogP contribution in [0.3, 0.4) is 0 Å². The number of nitrogens with zero attached hydrogens (tertiary/aromatic N) is 1. The Balaban J connectivity index is 2.03. The number of rotatable bonds is 2. The number of benzene rings is 2. The van der Waals surface area contributed by atoms with Gasteiger partial charge in [-0.3, -0.25) is 0 Å². The number of carbonyl (C=O) groups excluding carboxylic acids is 1. The van der Waals surface area contributed by atoms with Crippen molar-refractivity contribution in [3.8, 4) is 0 Å². The average Bonchev–Trinajstić information content (AvgIpc) is 2.88. The quantitative estimate of drug-likeness (QED) is 0.581. The molecule has 1 aliphatic rings. The van der Waals surface area contributed by atoms with Crippen molar-refractivity contribution in [2.24, 2.45) is 4.99 Å². The Kier molecular flexibility index (Phi) is 4.15. The number of alkyl halides is 3. The maximum Gasteiger partial charge on any atom is 0.416 e. The Bertz CT molecular complexity index is 872. The van der Waals surface area contributed by atoms with E-state index in [2.05, 4.69) is 4.99 Å². The minimum absolute atomic E-state index is 0.0404. The zero-order valence-corrected chi connectivity index (χ0v) is 12.7. The smallest absolute Gasteiger partial charge is 0.402 e. The summed E-state index contributed by atoms with van der Waals surface area (Å²) < 4.78 is 44.1. The number of ether oxygens (including phenoxy) is 1. The Labute approximate surface area is 140 Å². The van der Waals surface area contributed by atoms with Gasteiger partial charge in [-0.05, 0) is 29.8 Å². The summed E-state index contributed by atoms with van der Waals surface area (Å²) in [5.74, 6) is -0.872. The lowest BCUT2D eigenvalue weighted by atomic mass is 10.1. The third-order valence-corrected chi connectivity index (χ3v) is 3.61. The first-order valence-electron chi connectivity index (χ1n) is 6.80. The second-order valence-corrected chi connectivity index (χ2v) is 5.31. The highest BCUT2D eigenvalue weighted by Gasteiger charge is 2.33. The summed E-state index contributed by atoms with van der Waals surface area (Å²) in [6.45, 7) is 0. The summed E-state index contributed by atoms with van der Waals surface area (Å²) >= 11 is 6.00. The lowest BCUT2D eigenvalue weighted by molar-refractivity contribution is -0.137. The van der Waals surface area contributed by atoms with Crippen molar-refractivity contribution < 1.29 is 22.7 Å². The van der Waals surface area contributed by atoms with Crippen LogP contribution in [-0.2, 0) is 15.7 Å². The van der Waals surface area contributed by atoms with E-state index < -0.39 is 17.7 Å². The fourth-order valence-electron chi connectivity index (χ4n) is 2.19. The third kappa shape index (κ3) is 3.19. The van der Waals surface area contributed by atoms with Crippen molar-refractivity contribution in [1.29, 1.82) is 0 Å². The fourth-order valence-corrected chi connectivity index (χ4v) is 2.40. The normalized spacial score (nSPS) is 16.2. The van der Waals surface area contributed by atoms with E-state index in [0.29, 0.717) is 10.6 Å². The first-order valence-corrected chi connectivity index (χ1v) is 7.18. The Hall–Kier alpha value is -2.60. The molecule has 3 nitrogen and oxygen atoms in total. The van der Waals surface area contributed by atoms with E-state index in [1.807, 2.05) is 0 Å². The summed E-state index contributed by atoms with van der Waals surface area (Å²) in [5.41, 5.74) is -0.852. The number of aliphatic imine (C=N–C) groups is 1. The monoisotopic (exact) mass is 351 g/mol. The molecule has 2 aromatic rings. The summed E-state index contributed by atoms with van der Waals surface area (Å²) in [6.07, 6.45) is -3.49. The number of hydrogen-bond donors (Lipinski definition) is 0. The summed E-state index contributed by atoms with van der Waals surface area (Å²) in [7, 11) is 0. The summed E-state index contributed by atoms with van der Waals surface area (Å²) in [4.78, 5) is 15.9. The molecule has 0 saturated carbocycles. The molecule has 0 atom stereocenters. The van der Waals surface area contributed by atoms with Crippen molar-refractivity contribution in [2.45, 2.75) is 6.18 Å². The van der Waals surface area contributed by atoms with E-state index in [9.17, 15) is 18.0 Å². The molecule has 1 heterocycles. The molecule has 0 N–H and O–H groups in total. The van der Waals surface area contributed by atoms with Gasteiger partial charge in [0.2, 0.25) is 5.90 Å². The second-order valence-electron chi connectivity index (χ2n) is 4.90. The number of carbonyl (C=O) groups is 1. The van der Waals surface area contributed by atoms with Crippen LogP contribution in [0.5, 0.6) is 0 Å². The molecule has 0 unspecified atom stereocenters. The molecule has 0 fully saturated rings. The number of halogens is 4. The van der Waals surface area contributed by atoms with E-state index in [0.717, 1.165) is 12.1 Å². The first-order chi connectivity index (χ1) is 11.4. The average molecular weight is 352 g/mol. The Morgan fingerprint density at radius 1 is 1.04 bits per heavy atom. The lowest BCUT2D eigenvalue weighted by Crippen LogP contribution is -2.08. The van der Waals surface area contributed by atoms with E-state index in [1.165, 1.54) is 18.2 Å². The van der Waals surface area contributed by atoms with Gasteiger partial charge in [0.1, 0.15) is 0 Å². The molecule has 0 saturated heterocycles. The van der Waals surface area contributed by atoms with E-state index in [4.69, 9.17) is 16.3 Å². The molecule has 7 heteroatoms. The first kappa shape index (κ1) is 16.3. The van der Waals surface area contributed by atoms with Gasteiger partial charge in [-0.2, -0.15) is 13.2 Å². The Morgan fingerprint density at radius 3 is 2.42 bits per heavy atom. The van der Waals surface area contributed by atoms with E-state index in [1.54, 1.807) is 24.3 Å². The van der Waals surface area contributed by atoms with Gasteiger partial charge in [0.05, 0.1) is 16.1 Å². The highest BCUT2D eigenvalue weighted by Crippen LogP contribution is 2.33. The molecule has 0 amide bonds. The second kappa shape index (κ2) is 6.13. The highest BCUT2D eigenvalue weighted by atomic mass is 35.5. The molecular weight excluding hydrogens is 343 g/mol. The molecular formula is C17H9ClF3NO2. The van der Waals surface area contributed by atoms with E-state index >= 15 is 0 Å². The molecule has 3 rings (SSSR count). The van der Waals surface area contributed by atoms with Crippen molar-refractivity contribution >= 4 is 29.5 Å². The number of cyclic esters (lactones) is 1. The van der Waals surface area contributed by atoms with Crippen LogP contribution < -0.4 is 0 Å². The SMILES string of the molecule is O=C1OC(c2ccccc2Cl)=N/C1=C/c1ccccc1C(F)(F)F. The molecule has 1 aliphatic heterocycles. The maximum atomic E-state index is 13.0. The number of hydrogen-bond acceptors (Lipinski definition) is 3. The van der Waals surface area contributed by atoms with Crippen LogP contribution >= 0.6 is 11.6 Å². The summed E-state index contributed by atoms with van der Waals surface area (Å²) in [5, 5.41) is 0.320. The van der Waals surface area contributed by atoms with Gasteiger partial charge in [-0.1, -0.05) is 41.9 Å². The van der Waals surface area contributed by atoms with Gasteiger partial charge in [0.25, 0.3) is 0 Å². The molecule has 0 bridgehead atoms. The zero-order valence-electron chi connectivity index (χ0n) is 12.0. The van der Waals surface area contributed by atoms with Gasteiger partial charge in [0.15, 0.2) is 5.70 Å². The molecule has 0 spiro atoms. The van der Waals surface area contributed by atoms with Crippen molar-refractivity contribution in [3.05, 3.63) is 75.9 Å². The van der Waals surface area contributed by atoms with Gasteiger partial charge in [-0.25, -0.2) is 9.79 Å². The lowest BCUT2D eigenvalue weighted by Gasteiger charge is -2.09. The maximum absolute atomic E-state index is 13.0. The van der Waals surface area contributed by atoms with Crippen LogP contribution in [0.4, 0.5) is 13.2 Å². The van der Waals surface area contributed by atoms with Gasteiger partial charge in [0, 0.05) is 0 Å². The molecule has 0 aromatic heterocycles. The van der Waals surface area contributed by atoms with Crippen LogP contribution in [0.25, 0.3) is 6.08 Å². The molecule has 2 aromatic carbocycles. The zero-order chi connectivity index (χ0) is 17.3. The minimum atomic E-state index is -4.54. The molecule has 122 valence electrons.